The first-order chi connectivity index (χ1) is 18.5. The summed E-state index contributed by atoms with van der Waals surface area (Å²) in [4.78, 5) is 36.5. The Balaban J connectivity index is 1.35. The van der Waals surface area contributed by atoms with E-state index in [0.717, 1.165) is 5.69 Å². The molecule has 204 valence electrons. The van der Waals surface area contributed by atoms with Crippen molar-refractivity contribution in [1.29, 1.82) is 0 Å². The first-order valence-corrected chi connectivity index (χ1v) is 12.8. The molecule has 3 heterocycles. The number of fused-ring (bicyclic) bond motifs is 1. The Labute approximate surface area is 225 Å². The van der Waals surface area contributed by atoms with Crippen LogP contribution >= 0.6 is 0 Å². The van der Waals surface area contributed by atoms with E-state index in [0.29, 0.717) is 55.8 Å². The molecule has 1 saturated heterocycles. The topological polar surface area (TPSA) is 114 Å². The van der Waals surface area contributed by atoms with Crippen LogP contribution in [-0.2, 0) is 11.2 Å². The van der Waals surface area contributed by atoms with Crippen molar-refractivity contribution in [1.82, 2.24) is 20.2 Å². The molecule has 9 nitrogen and oxygen atoms in total. The maximum atomic E-state index is 14.9. The van der Waals surface area contributed by atoms with Gasteiger partial charge in [-0.2, -0.15) is 9.37 Å². The van der Waals surface area contributed by atoms with Crippen molar-refractivity contribution >= 4 is 23.5 Å². The monoisotopic (exact) mass is 536 g/mol. The van der Waals surface area contributed by atoms with Gasteiger partial charge in [-0.1, -0.05) is 12.1 Å². The first-order valence-electron chi connectivity index (χ1n) is 12.8. The molecular formula is C28H30F2N6O3. The van der Waals surface area contributed by atoms with Gasteiger partial charge in [0.15, 0.2) is 5.82 Å². The van der Waals surface area contributed by atoms with Gasteiger partial charge in [-0.15, -0.1) is 0 Å². The molecular weight excluding hydrogens is 506 g/mol. The van der Waals surface area contributed by atoms with Gasteiger partial charge in [-0.3, -0.25) is 4.79 Å². The van der Waals surface area contributed by atoms with Gasteiger partial charge in [0.2, 0.25) is 5.95 Å². The molecule has 0 atom stereocenters. The fraction of sp³-hybridized carbons (Fsp3) is 0.357. The number of nitrogen functional groups attached to an aromatic ring is 1. The van der Waals surface area contributed by atoms with Gasteiger partial charge < -0.3 is 25.6 Å². The van der Waals surface area contributed by atoms with E-state index in [-0.39, 0.29) is 28.9 Å². The smallest absolute Gasteiger partial charge is 0.410 e. The standard InChI is InChI=1S/C28H30F2N6O3/c1-28(2,3)39-27(38)36-12-10-35(11-13-36)19-6-4-16(5-7-19)22-24(30)34-25(31)23(33-22)18-14-17-8-9-32-26(37)21(17)20(29)15-18/h4-7,14-15H,8-13H2,1-3H3,(H2,31,34)(H,32,37). The van der Waals surface area contributed by atoms with Crippen molar-refractivity contribution < 1.29 is 23.1 Å². The zero-order valence-electron chi connectivity index (χ0n) is 22.1. The normalized spacial score (nSPS) is 15.6. The molecule has 0 spiro atoms. The van der Waals surface area contributed by atoms with Crippen LogP contribution in [0, 0.1) is 11.8 Å². The molecule has 0 unspecified atom stereocenters. The molecule has 39 heavy (non-hydrogen) atoms. The van der Waals surface area contributed by atoms with E-state index in [1.54, 1.807) is 23.1 Å². The minimum absolute atomic E-state index is 0.00128. The number of nitrogens with zero attached hydrogens (tertiary/aromatic N) is 4. The number of aromatic nitrogens is 2. The van der Waals surface area contributed by atoms with Gasteiger partial charge in [-0.05, 0) is 57.0 Å². The average molecular weight is 537 g/mol. The number of hydrogen-bond acceptors (Lipinski definition) is 7. The third kappa shape index (κ3) is 5.47. The lowest BCUT2D eigenvalue weighted by Gasteiger charge is -2.36. The second-order valence-corrected chi connectivity index (χ2v) is 10.6. The van der Waals surface area contributed by atoms with Gasteiger partial charge in [-0.25, -0.2) is 14.2 Å². The first kappa shape index (κ1) is 26.3. The van der Waals surface area contributed by atoms with Crippen molar-refractivity contribution in [2.24, 2.45) is 0 Å². The van der Waals surface area contributed by atoms with Crippen molar-refractivity contribution in [3.05, 3.63) is 59.3 Å². The maximum absolute atomic E-state index is 14.9. The van der Waals surface area contributed by atoms with E-state index in [1.165, 1.54) is 6.07 Å². The summed E-state index contributed by atoms with van der Waals surface area (Å²) in [7, 11) is 0. The summed E-state index contributed by atoms with van der Waals surface area (Å²) in [6.45, 7) is 8.21. The van der Waals surface area contributed by atoms with E-state index in [9.17, 15) is 18.4 Å². The molecule has 1 aromatic heterocycles. The van der Waals surface area contributed by atoms with Gasteiger partial charge in [0.05, 0.1) is 5.56 Å². The minimum Gasteiger partial charge on any atom is -0.444 e. The van der Waals surface area contributed by atoms with Crippen LogP contribution in [0.2, 0.25) is 0 Å². The molecule has 0 radical (unpaired) electrons. The number of nitrogens with one attached hydrogen (secondary N) is 1. The number of rotatable bonds is 3. The molecule has 0 aliphatic carbocycles. The van der Waals surface area contributed by atoms with Crippen LogP contribution in [0.1, 0.15) is 36.7 Å². The molecule has 2 aliphatic heterocycles. The highest BCUT2D eigenvalue weighted by Gasteiger charge is 2.27. The predicted octanol–water partition coefficient (Wildman–Crippen LogP) is 4.01. The third-order valence-electron chi connectivity index (χ3n) is 6.67. The summed E-state index contributed by atoms with van der Waals surface area (Å²) in [5.41, 5.74) is 7.82. The number of carbonyl (C=O) groups excluding carboxylic acids is 2. The lowest BCUT2D eigenvalue weighted by molar-refractivity contribution is 0.0240. The van der Waals surface area contributed by atoms with Crippen molar-refractivity contribution in [2.45, 2.75) is 32.8 Å². The highest BCUT2D eigenvalue weighted by Crippen LogP contribution is 2.32. The van der Waals surface area contributed by atoms with Crippen LogP contribution in [0.3, 0.4) is 0 Å². The van der Waals surface area contributed by atoms with Gasteiger partial charge in [0, 0.05) is 49.5 Å². The average Bonchev–Trinajstić information content (AvgIpc) is 2.88. The molecule has 2 aliphatic rings. The summed E-state index contributed by atoms with van der Waals surface area (Å²) >= 11 is 0. The summed E-state index contributed by atoms with van der Waals surface area (Å²) in [5.74, 6) is -2.17. The van der Waals surface area contributed by atoms with E-state index in [2.05, 4.69) is 20.2 Å². The van der Waals surface area contributed by atoms with E-state index < -0.39 is 23.3 Å². The Bertz CT molecular complexity index is 1430. The largest absolute Gasteiger partial charge is 0.444 e. The van der Waals surface area contributed by atoms with Crippen LogP contribution in [-0.4, -0.2) is 65.2 Å². The molecule has 3 aromatic rings. The van der Waals surface area contributed by atoms with Crippen LogP contribution in [0.25, 0.3) is 22.5 Å². The summed E-state index contributed by atoms with van der Waals surface area (Å²) in [6.07, 6.45) is 0.133. The number of hydrogen-bond donors (Lipinski definition) is 2. The highest BCUT2D eigenvalue weighted by atomic mass is 19.1. The van der Waals surface area contributed by atoms with E-state index in [4.69, 9.17) is 10.5 Å². The Kier molecular flexibility index (Phi) is 6.83. The van der Waals surface area contributed by atoms with Crippen LogP contribution < -0.4 is 16.0 Å². The summed E-state index contributed by atoms with van der Waals surface area (Å²) < 4.78 is 35.1. The number of anilines is 2. The zero-order valence-corrected chi connectivity index (χ0v) is 22.1. The number of carbonyl (C=O) groups is 2. The zero-order chi connectivity index (χ0) is 27.9. The van der Waals surface area contributed by atoms with Gasteiger partial charge in [0.25, 0.3) is 5.91 Å². The number of ether oxygens (including phenoxy) is 1. The fourth-order valence-electron chi connectivity index (χ4n) is 4.78. The number of benzene rings is 2. The van der Waals surface area contributed by atoms with Gasteiger partial charge >= 0.3 is 6.09 Å². The van der Waals surface area contributed by atoms with E-state index >= 15 is 0 Å². The summed E-state index contributed by atoms with van der Waals surface area (Å²) in [5, 5.41) is 2.62. The molecule has 5 rings (SSSR count). The van der Waals surface area contributed by atoms with Crippen molar-refractivity contribution in [3.63, 3.8) is 0 Å². The fourth-order valence-corrected chi connectivity index (χ4v) is 4.78. The molecule has 0 saturated carbocycles. The number of halogens is 2. The number of nitrogens with two attached hydrogens (primary N) is 1. The van der Waals surface area contributed by atoms with Gasteiger partial charge in [0.1, 0.15) is 22.8 Å². The quantitative estimate of drug-likeness (QED) is 0.520. The van der Waals surface area contributed by atoms with Crippen molar-refractivity contribution in [3.8, 4) is 22.5 Å². The molecule has 11 heteroatoms. The third-order valence-corrected chi connectivity index (χ3v) is 6.67. The Morgan fingerprint density at radius 2 is 1.69 bits per heavy atom. The lowest BCUT2D eigenvalue weighted by atomic mass is 9.96. The molecule has 1 fully saturated rings. The molecule has 0 bridgehead atoms. The maximum Gasteiger partial charge on any atom is 0.410 e. The Morgan fingerprint density at radius 3 is 2.36 bits per heavy atom. The predicted molar refractivity (Wildman–Crippen MR) is 143 cm³/mol. The van der Waals surface area contributed by atoms with E-state index in [1.807, 2.05) is 32.9 Å². The number of amides is 2. The highest BCUT2D eigenvalue weighted by molar-refractivity contribution is 5.97. The second kappa shape index (κ2) is 10.1. The number of piperazine rings is 1. The van der Waals surface area contributed by atoms with Crippen molar-refractivity contribution in [2.75, 3.05) is 43.4 Å². The molecule has 3 N–H and O–H groups in total. The minimum atomic E-state index is -0.840. The summed E-state index contributed by atoms with van der Waals surface area (Å²) in [6, 6.07) is 10.0. The lowest BCUT2D eigenvalue weighted by Crippen LogP contribution is -2.50. The SMILES string of the molecule is CC(C)(C)OC(=O)N1CCN(c2ccc(-c3nc(-c4cc(F)c5c(c4)CCNC5=O)c(N)nc3F)cc2)CC1. The molecule has 2 amide bonds. The second-order valence-electron chi connectivity index (χ2n) is 10.6. The van der Waals surface area contributed by atoms with Crippen LogP contribution in [0.4, 0.5) is 25.1 Å². The van der Waals surface area contributed by atoms with Crippen LogP contribution in [0.5, 0.6) is 0 Å². The van der Waals surface area contributed by atoms with Crippen LogP contribution in [0.15, 0.2) is 36.4 Å². The Hall–Kier alpha value is -4.28. The Morgan fingerprint density at radius 1 is 1.00 bits per heavy atom. The molecule has 2 aromatic carbocycles.